The first-order valence-electron chi connectivity index (χ1n) is 6.77. The average Bonchev–Trinajstić information content (AvgIpc) is 2.36. The lowest BCUT2D eigenvalue weighted by Gasteiger charge is -2.16. The van der Waals surface area contributed by atoms with Crippen LogP contribution in [0.5, 0.6) is 0 Å². The third-order valence-electron chi connectivity index (χ3n) is 2.94. The highest BCUT2D eigenvalue weighted by Crippen LogP contribution is 2.26. The molecule has 0 aliphatic heterocycles. The number of unbranched alkanes of at least 4 members (excludes halogenated alkanes) is 1. The second kappa shape index (κ2) is 10.5. The van der Waals surface area contributed by atoms with Gasteiger partial charge in [-0.25, -0.2) is 0 Å². The molecule has 3 N–H and O–H groups in total. The number of nitrogens with one attached hydrogen (secondary N) is 1. The van der Waals surface area contributed by atoms with Crippen LogP contribution in [0.2, 0.25) is 10.0 Å². The fourth-order valence-electron chi connectivity index (χ4n) is 1.83. The molecule has 0 spiro atoms. The molecule has 0 amide bonds. The first-order valence-corrected chi connectivity index (χ1v) is 7.53. The lowest BCUT2D eigenvalue weighted by atomic mass is 10.1. The van der Waals surface area contributed by atoms with Gasteiger partial charge in [0.2, 0.25) is 0 Å². The van der Waals surface area contributed by atoms with Crippen LogP contribution in [0.4, 0.5) is 13.2 Å². The Morgan fingerprint density at radius 3 is 2.52 bits per heavy atom. The first kappa shape index (κ1) is 22.6. The third-order valence-corrected chi connectivity index (χ3v) is 3.51. The quantitative estimate of drug-likeness (QED) is 0.249. The van der Waals surface area contributed by atoms with Gasteiger partial charge in [0.25, 0.3) is 0 Å². The van der Waals surface area contributed by atoms with Crippen molar-refractivity contribution in [3.05, 3.63) is 33.8 Å². The summed E-state index contributed by atoms with van der Waals surface area (Å²) < 4.78 is 35.9. The van der Waals surface area contributed by atoms with Crippen LogP contribution in [0, 0.1) is 0 Å². The van der Waals surface area contributed by atoms with Crippen molar-refractivity contribution in [1.82, 2.24) is 5.32 Å². The molecule has 0 saturated carbocycles. The molecule has 0 heterocycles. The summed E-state index contributed by atoms with van der Waals surface area (Å²) in [5.41, 5.74) is 6.51. The van der Waals surface area contributed by atoms with Crippen LogP contribution < -0.4 is 11.1 Å². The molecule has 9 heteroatoms. The maximum Gasteiger partial charge on any atom is 0.389 e. The van der Waals surface area contributed by atoms with Gasteiger partial charge in [-0.1, -0.05) is 29.3 Å². The Morgan fingerprint density at radius 1 is 1.30 bits per heavy atom. The van der Waals surface area contributed by atoms with Gasteiger partial charge in [0.15, 0.2) is 5.96 Å². The van der Waals surface area contributed by atoms with E-state index in [0.717, 1.165) is 5.56 Å². The summed E-state index contributed by atoms with van der Waals surface area (Å²) in [6.07, 6.45) is -4.54. The van der Waals surface area contributed by atoms with Gasteiger partial charge in [0, 0.05) is 23.0 Å². The summed E-state index contributed by atoms with van der Waals surface area (Å²) in [6.45, 7) is 2.09. The van der Waals surface area contributed by atoms with Crippen molar-refractivity contribution in [2.75, 3.05) is 6.54 Å². The lowest BCUT2D eigenvalue weighted by molar-refractivity contribution is -0.135. The van der Waals surface area contributed by atoms with E-state index >= 15 is 0 Å². The van der Waals surface area contributed by atoms with Gasteiger partial charge in [-0.3, -0.25) is 4.99 Å². The van der Waals surface area contributed by atoms with Gasteiger partial charge in [-0.15, -0.1) is 24.0 Å². The minimum atomic E-state index is -4.12. The Balaban J connectivity index is 0.00000484. The molecule has 0 saturated heterocycles. The molecule has 3 nitrogen and oxygen atoms in total. The van der Waals surface area contributed by atoms with Gasteiger partial charge in [0.1, 0.15) is 0 Å². The molecule has 1 rings (SSSR count). The van der Waals surface area contributed by atoms with Crippen molar-refractivity contribution in [1.29, 1.82) is 0 Å². The van der Waals surface area contributed by atoms with Crippen LogP contribution in [0.25, 0.3) is 0 Å². The Kier molecular flexibility index (Phi) is 10.3. The number of nitrogens with two attached hydrogens (primary N) is 1. The summed E-state index contributed by atoms with van der Waals surface area (Å²) in [5, 5.41) is 3.98. The van der Waals surface area contributed by atoms with Crippen molar-refractivity contribution in [2.45, 2.75) is 38.4 Å². The zero-order valence-corrected chi connectivity index (χ0v) is 16.3. The zero-order chi connectivity index (χ0) is 16.8. The number of halogens is 6. The van der Waals surface area contributed by atoms with Gasteiger partial charge in [-0.05, 0) is 37.5 Å². The predicted molar refractivity (Wildman–Crippen MR) is 99.8 cm³/mol. The van der Waals surface area contributed by atoms with Crippen LogP contribution in [-0.2, 0) is 0 Å². The predicted octanol–water partition coefficient (Wildman–Crippen LogP) is 5.31. The topological polar surface area (TPSA) is 50.4 Å². The second-order valence-electron chi connectivity index (χ2n) is 4.87. The minimum Gasteiger partial charge on any atom is -0.370 e. The number of rotatable bonds is 6. The van der Waals surface area contributed by atoms with Crippen molar-refractivity contribution in [3.63, 3.8) is 0 Å². The molecule has 0 aliphatic carbocycles. The van der Waals surface area contributed by atoms with Crippen LogP contribution in [-0.4, -0.2) is 18.7 Å². The first-order chi connectivity index (χ1) is 10.2. The van der Waals surface area contributed by atoms with E-state index < -0.39 is 12.6 Å². The van der Waals surface area contributed by atoms with Crippen LogP contribution in [0.15, 0.2) is 23.2 Å². The summed E-state index contributed by atoms with van der Waals surface area (Å²) in [6, 6.07) is 4.93. The van der Waals surface area contributed by atoms with E-state index in [1.165, 1.54) is 0 Å². The fourth-order valence-corrected chi connectivity index (χ4v) is 2.41. The molecule has 1 atom stereocenters. The number of hydrogen-bond acceptors (Lipinski definition) is 1. The monoisotopic (exact) mass is 483 g/mol. The largest absolute Gasteiger partial charge is 0.389 e. The Labute approximate surface area is 160 Å². The normalized spacial score (nSPS) is 13.4. The number of nitrogens with zero attached hydrogens (tertiary/aromatic N) is 1. The highest BCUT2D eigenvalue weighted by Gasteiger charge is 2.25. The molecule has 0 fully saturated rings. The maximum atomic E-state index is 12.0. The van der Waals surface area contributed by atoms with E-state index in [4.69, 9.17) is 28.9 Å². The zero-order valence-electron chi connectivity index (χ0n) is 12.5. The third kappa shape index (κ3) is 9.46. The van der Waals surface area contributed by atoms with E-state index in [1.54, 1.807) is 18.2 Å². The summed E-state index contributed by atoms with van der Waals surface area (Å²) >= 11 is 11.9. The van der Waals surface area contributed by atoms with E-state index in [9.17, 15) is 13.2 Å². The number of guanidine groups is 1. The minimum absolute atomic E-state index is 0. The highest BCUT2D eigenvalue weighted by molar-refractivity contribution is 14.0. The Hall–Kier alpha value is -0.410. The van der Waals surface area contributed by atoms with Gasteiger partial charge in [-0.2, -0.15) is 13.2 Å². The lowest BCUT2D eigenvalue weighted by Crippen LogP contribution is -2.34. The van der Waals surface area contributed by atoms with E-state index in [1.807, 2.05) is 6.92 Å². The molecule has 0 aliphatic rings. The molecular formula is C14H19Cl2F3IN3. The second-order valence-corrected chi connectivity index (χ2v) is 5.71. The van der Waals surface area contributed by atoms with E-state index in [0.29, 0.717) is 16.5 Å². The molecule has 132 valence electrons. The van der Waals surface area contributed by atoms with Crippen LogP contribution in [0.3, 0.4) is 0 Å². The number of hydrogen-bond donors (Lipinski definition) is 2. The maximum absolute atomic E-state index is 12.0. The SMILES string of the molecule is CC(NC(N)=NCCCCC(F)(F)F)c1ccc(Cl)cc1Cl.I. The van der Waals surface area contributed by atoms with Crippen molar-refractivity contribution < 1.29 is 13.2 Å². The number of benzene rings is 1. The van der Waals surface area contributed by atoms with Gasteiger partial charge < -0.3 is 11.1 Å². The van der Waals surface area contributed by atoms with Crippen LogP contribution >= 0.6 is 47.2 Å². The molecule has 0 bridgehead atoms. The molecular weight excluding hydrogens is 465 g/mol. The Bertz CT molecular complexity index is 524. The van der Waals surface area contributed by atoms with E-state index in [2.05, 4.69) is 10.3 Å². The molecule has 23 heavy (non-hydrogen) atoms. The van der Waals surface area contributed by atoms with Crippen molar-refractivity contribution in [3.8, 4) is 0 Å². The number of alkyl halides is 3. The smallest absolute Gasteiger partial charge is 0.370 e. The molecule has 1 unspecified atom stereocenters. The molecule has 1 aromatic carbocycles. The van der Waals surface area contributed by atoms with Crippen LogP contribution in [0.1, 0.15) is 37.8 Å². The molecule has 0 radical (unpaired) electrons. The molecule has 1 aromatic rings. The standard InChI is InChI=1S/C14H18Cl2F3N3.HI/c1-9(11-5-4-10(15)8-12(11)16)22-13(20)21-7-3-2-6-14(17,18)19;/h4-5,8-9H,2-3,6-7H2,1H3,(H3,20,21,22);1H. The van der Waals surface area contributed by atoms with E-state index in [-0.39, 0.29) is 48.9 Å². The fraction of sp³-hybridized carbons (Fsp3) is 0.500. The summed E-state index contributed by atoms with van der Waals surface area (Å²) in [4.78, 5) is 4.00. The molecule has 0 aromatic heterocycles. The summed E-state index contributed by atoms with van der Waals surface area (Å²) in [5.74, 6) is 0.172. The highest BCUT2D eigenvalue weighted by atomic mass is 127. The van der Waals surface area contributed by atoms with Crippen molar-refractivity contribution in [2.24, 2.45) is 10.7 Å². The Morgan fingerprint density at radius 2 is 1.96 bits per heavy atom. The average molecular weight is 484 g/mol. The van der Waals surface area contributed by atoms with Gasteiger partial charge in [0.05, 0.1) is 6.04 Å². The van der Waals surface area contributed by atoms with Crippen molar-refractivity contribution >= 4 is 53.1 Å². The summed E-state index contributed by atoms with van der Waals surface area (Å²) in [7, 11) is 0. The van der Waals surface area contributed by atoms with Gasteiger partial charge >= 0.3 is 6.18 Å². The number of aliphatic imine (C=N–C) groups is 1.